The lowest BCUT2D eigenvalue weighted by molar-refractivity contribution is 0.162. The molecular weight excluding hydrogens is 570 g/mol. The van der Waals surface area contributed by atoms with Crippen LogP contribution in [-0.2, 0) is 0 Å². The Morgan fingerprint density at radius 2 is 0.200 bits per heavy atom. The number of halogens is 6. The van der Waals surface area contributed by atoms with Crippen molar-refractivity contribution in [1.82, 2.24) is 0 Å². The van der Waals surface area contributed by atoms with Gasteiger partial charge in [-0.2, -0.15) is 0 Å². The summed E-state index contributed by atoms with van der Waals surface area (Å²) < 4.78 is 63.0. The van der Waals surface area contributed by atoms with E-state index in [9.17, 15) is 24.6 Å². The molecule has 18 nitrogen and oxygen atoms in total. The van der Waals surface area contributed by atoms with Gasteiger partial charge in [-0.15, -0.1) is 0 Å². The topological polar surface area (TPSA) is 364 Å². The molecule has 0 saturated carbocycles. The molecule has 18 N–H and O–H groups in total. The van der Waals surface area contributed by atoms with Crippen LogP contribution in [0.2, 0.25) is 0 Å². The zero-order valence-electron chi connectivity index (χ0n) is 13.3. The van der Waals surface area contributed by atoms with Gasteiger partial charge >= 0.3 is 54.8 Å². The van der Waals surface area contributed by atoms with E-state index in [0.717, 1.165) is 0 Å². The van der Waals surface area contributed by atoms with Gasteiger partial charge < -0.3 is 86.3 Å². The quantitative estimate of drug-likeness (QED) is 0.0708. The summed E-state index contributed by atoms with van der Waals surface area (Å²) in [4.78, 5) is 128. The molecule has 192 valence electrons. The molecule has 30 heavy (non-hydrogen) atoms. The predicted molar refractivity (Wildman–Crippen MR) is 81.1 cm³/mol. The Morgan fingerprint density at radius 3 is 0.200 bits per heavy atom. The maximum atomic E-state index is 10.5. The average Bonchev–Trinajstić information content (AvgIpc) is 1.94. The van der Waals surface area contributed by atoms with Gasteiger partial charge in [0.2, 0.25) is 0 Å². The van der Waals surface area contributed by atoms with E-state index in [4.69, 9.17) is 86.3 Å². The molecule has 0 unspecified atom stereocenters. The van der Waals surface area contributed by atoms with Crippen molar-refractivity contribution in [3.8, 4) is 0 Å². The first-order chi connectivity index (χ1) is 12.0. The molecule has 0 saturated heterocycles. The molecule has 0 spiro atoms. The minimum Gasteiger partial charge on any atom is -0.365 e. The number of hydrogen-bond acceptors (Lipinski definition) is 18. The highest BCUT2D eigenvalue weighted by Gasteiger charge is 2.28. The molecule has 0 amide bonds. The lowest BCUT2D eigenvalue weighted by Gasteiger charge is -1.88. The highest BCUT2D eigenvalue weighted by Crippen LogP contribution is 1.82. The zero-order chi connectivity index (χ0) is 27.0. The summed E-state index contributed by atoms with van der Waals surface area (Å²) in [6.07, 6.45) is 0. The van der Waals surface area contributed by atoms with Crippen LogP contribution in [-0.4, -0.2) is 141 Å². The van der Waals surface area contributed by atoms with Crippen LogP contribution in [0.15, 0.2) is 0 Å². The molecule has 0 aliphatic heterocycles. The van der Waals surface area contributed by atoms with E-state index in [1.165, 1.54) is 0 Å². The summed E-state index contributed by atoms with van der Waals surface area (Å²) >= 11 is 0. The second-order valence-electron chi connectivity index (χ2n) is 3.32. The molecule has 0 rings (SSSR count). The third-order valence-electron chi connectivity index (χ3n) is 0. The largest absolute Gasteiger partial charge is 0.711 e. The highest BCUT2D eigenvalue weighted by atomic mass is 28.4. The smallest absolute Gasteiger partial charge is 0.365 e. The van der Waals surface area contributed by atoms with Gasteiger partial charge in [0.15, 0.2) is 0 Å². The molecule has 0 aliphatic rings. The molecular formula is H18F6O18Si6. The monoisotopic (exact) mass is 588 g/mol. The van der Waals surface area contributed by atoms with Gasteiger partial charge in [0, 0.05) is 0 Å². The van der Waals surface area contributed by atoms with Crippen LogP contribution in [0.5, 0.6) is 0 Å². The lowest BCUT2D eigenvalue weighted by Crippen LogP contribution is -2.27. The summed E-state index contributed by atoms with van der Waals surface area (Å²) in [7, 11) is -30.7. The van der Waals surface area contributed by atoms with E-state index in [0.29, 0.717) is 0 Å². The Bertz CT molecular complexity index is 227. The van der Waals surface area contributed by atoms with Crippen molar-refractivity contribution in [1.29, 1.82) is 0 Å². The van der Waals surface area contributed by atoms with Gasteiger partial charge in [-0.05, 0) is 0 Å². The van der Waals surface area contributed by atoms with Crippen molar-refractivity contribution in [2.24, 2.45) is 0 Å². The number of hydrogen-bond donors (Lipinski definition) is 18. The number of rotatable bonds is 0. The minimum absolute atomic E-state index is 5.11. The second kappa shape index (κ2) is 17.7. The van der Waals surface area contributed by atoms with Crippen molar-refractivity contribution >= 4 is 54.8 Å². The Labute approximate surface area is 166 Å². The summed E-state index contributed by atoms with van der Waals surface area (Å²) in [5.41, 5.74) is 0. The van der Waals surface area contributed by atoms with Crippen molar-refractivity contribution < 1.29 is 111 Å². The van der Waals surface area contributed by atoms with E-state index in [2.05, 4.69) is 0 Å². The summed E-state index contributed by atoms with van der Waals surface area (Å²) in [6.45, 7) is 0. The van der Waals surface area contributed by atoms with Crippen molar-refractivity contribution in [3.63, 3.8) is 0 Å². The van der Waals surface area contributed by atoms with E-state index in [1.807, 2.05) is 0 Å². The average molecular weight is 589 g/mol. The first-order valence-corrected chi connectivity index (χ1v) is 15.5. The Balaban J connectivity index is -0.0000000576. The molecule has 0 radical (unpaired) electrons. The van der Waals surface area contributed by atoms with Crippen LogP contribution in [0, 0.1) is 0 Å². The Hall–Kier alpha value is 0.161. The van der Waals surface area contributed by atoms with Crippen LogP contribution in [0.3, 0.4) is 0 Å². The van der Waals surface area contributed by atoms with Gasteiger partial charge in [-0.25, -0.2) is 24.6 Å². The van der Waals surface area contributed by atoms with Crippen molar-refractivity contribution in [2.45, 2.75) is 0 Å². The Morgan fingerprint density at radius 1 is 0.200 bits per heavy atom. The summed E-state index contributed by atoms with van der Waals surface area (Å²) in [6, 6.07) is 0. The van der Waals surface area contributed by atoms with Gasteiger partial charge in [0.05, 0.1) is 0 Å². The highest BCUT2D eigenvalue weighted by molar-refractivity contribution is 6.49. The van der Waals surface area contributed by atoms with Gasteiger partial charge in [-0.3, -0.25) is 0 Å². The molecule has 0 aromatic rings. The summed E-state index contributed by atoms with van der Waals surface area (Å²) in [5, 5.41) is 0. The fourth-order valence-corrected chi connectivity index (χ4v) is 0. The molecule has 0 heterocycles. The predicted octanol–water partition coefficient (Wildman–Crippen LogP) is -9.79. The van der Waals surface area contributed by atoms with E-state index < -0.39 is 54.8 Å². The maximum Gasteiger partial charge on any atom is 0.711 e. The normalized spacial score (nSPS) is 12.0. The van der Waals surface area contributed by atoms with Crippen LogP contribution >= 0.6 is 0 Å². The van der Waals surface area contributed by atoms with E-state index in [-0.39, 0.29) is 0 Å². The van der Waals surface area contributed by atoms with Crippen molar-refractivity contribution in [2.75, 3.05) is 0 Å². The molecule has 0 atom stereocenters. The third-order valence-corrected chi connectivity index (χ3v) is 0. The standard InChI is InChI=1S/6FH3O3Si/c6*1-5(2,3)4/h6*2-4H. The van der Waals surface area contributed by atoms with Gasteiger partial charge in [0.25, 0.3) is 0 Å². The third kappa shape index (κ3) is 799000. The van der Waals surface area contributed by atoms with Crippen LogP contribution in [0.4, 0.5) is 24.6 Å². The molecule has 0 aliphatic carbocycles. The summed E-state index contributed by atoms with van der Waals surface area (Å²) in [5.74, 6) is 0. The first kappa shape index (κ1) is 43.9. The fraction of sp³-hybridized carbons (Fsp3) is 0. The maximum absolute atomic E-state index is 10.5. The van der Waals surface area contributed by atoms with Crippen LogP contribution in [0.1, 0.15) is 0 Å². The Kier molecular flexibility index (Phi) is 25.9. The SMILES string of the molecule is O[Si](O)(O)F.O[Si](O)(O)F.O[Si](O)(O)F.O[Si](O)(O)F.O[Si](O)(O)F.O[Si](O)(O)F. The van der Waals surface area contributed by atoms with E-state index >= 15 is 0 Å². The molecule has 0 fully saturated rings. The van der Waals surface area contributed by atoms with E-state index in [1.54, 1.807) is 0 Å². The second-order valence-corrected chi connectivity index (χ2v) is 9.96. The minimum atomic E-state index is -5.11. The first-order valence-electron chi connectivity index (χ1n) is 5.16. The van der Waals surface area contributed by atoms with Crippen molar-refractivity contribution in [3.05, 3.63) is 0 Å². The lowest BCUT2D eigenvalue weighted by atomic mass is 15.7. The van der Waals surface area contributed by atoms with Gasteiger partial charge in [0.1, 0.15) is 0 Å². The molecule has 30 heteroatoms. The molecule has 0 aromatic carbocycles. The molecule has 0 bridgehead atoms. The zero-order valence-corrected chi connectivity index (χ0v) is 19.3. The van der Waals surface area contributed by atoms with Gasteiger partial charge in [-0.1, -0.05) is 0 Å². The van der Waals surface area contributed by atoms with Crippen LogP contribution < -0.4 is 0 Å². The fourth-order valence-electron chi connectivity index (χ4n) is 0. The van der Waals surface area contributed by atoms with Crippen LogP contribution in [0.25, 0.3) is 0 Å². The molecule has 0 aromatic heterocycles.